The Morgan fingerprint density at radius 2 is 2.40 bits per heavy atom. The zero-order valence-corrected chi connectivity index (χ0v) is 13.0. The van der Waals surface area contributed by atoms with Gasteiger partial charge in [0.2, 0.25) is 0 Å². The Kier molecular flexibility index (Phi) is 6.54. The van der Waals surface area contributed by atoms with Crippen molar-refractivity contribution in [2.24, 2.45) is 7.05 Å². The Hall–Kier alpha value is -0.870. The summed E-state index contributed by atoms with van der Waals surface area (Å²) in [5, 5.41) is 7.94. The maximum atomic E-state index is 5.84. The number of aryl methyl sites for hydroxylation is 1. The third-order valence-electron chi connectivity index (χ3n) is 4.03. The SMILES string of the molecule is CCCNC(CCC1CCCCO1)Cc1cnn(C)c1. The van der Waals surface area contributed by atoms with Crippen LogP contribution >= 0.6 is 0 Å². The first-order chi connectivity index (χ1) is 9.78. The van der Waals surface area contributed by atoms with Gasteiger partial charge in [0.15, 0.2) is 0 Å². The zero-order valence-electron chi connectivity index (χ0n) is 13.0. The molecule has 1 aliphatic rings. The molecule has 114 valence electrons. The van der Waals surface area contributed by atoms with Crippen molar-refractivity contribution in [3.8, 4) is 0 Å². The normalized spacial score (nSPS) is 21.0. The summed E-state index contributed by atoms with van der Waals surface area (Å²) >= 11 is 0. The summed E-state index contributed by atoms with van der Waals surface area (Å²) < 4.78 is 7.73. The molecule has 0 bridgehead atoms. The summed E-state index contributed by atoms with van der Waals surface area (Å²) in [5.74, 6) is 0. The molecule has 1 aromatic heterocycles. The van der Waals surface area contributed by atoms with Gasteiger partial charge in [-0.15, -0.1) is 0 Å². The van der Waals surface area contributed by atoms with Crippen molar-refractivity contribution in [1.29, 1.82) is 0 Å². The Morgan fingerprint density at radius 3 is 3.05 bits per heavy atom. The van der Waals surface area contributed by atoms with Crippen LogP contribution in [0, 0.1) is 0 Å². The highest BCUT2D eigenvalue weighted by atomic mass is 16.5. The van der Waals surface area contributed by atoms with Gasteiger partial charge in [0, 0.05) is 25.9 Å². The van der Waals surface area contributed by atoms with Gasteiger partial charge >= 0.3 is 0 Å². The quantitative estimate of drug-likeness (QED) is 0.795. The summed E-state index contributed by atoms with van der Waals surface area (Å²) in [6.07, 6.45) is 13.0. The standard InChI is InChI=1S/C16H29N3O/c1-3-9-17-15(11-14-12-18-19(2)13-14)7-8-16-6-4-5-10-20-16/h12-13,15-17H,3-11H2,1-2H3. The topological polar surface area (TPSA) is 39.1 Å². The smallest absolute Gasteiger partial charge is 0.0575 e. The average molecular weight is 279 g/mol. The predicted octanol–water partition coefficient (Wildman–Crippen LogP) is 2.68. The van der Waals surface area contributed by atoms with Gasteiger partial charge in [-0.25, -0.2) is 0 Å². The lowest BCUT2D eigenvalue weighted by molar-refractivity contribution is 0.00858. The average Bonchev–Trinajstić information content (AvgIpc) is 2.88. The molecule has 20 heavy (non-hydrogen) atoms. The lowest BCUT2D eigenvalue weighted by atomic mass is 9.98. The lowest BCUT2D eigenvalue weighted by Crippen LogP contribution is -2.33. The summed E-state index contributed by atoms with van der Waals surface area (Å²) in [5.41, 5.74) is 1.32. The molecule has 1 fully saturated rings. The molecular weight excluding hydrogens is 250 g/mol. The van der Waals surface area contributed by atoms with Crippen molar-refractivity contribution in [2.75, 3.05) is 13.2 Å². The third kappa shape index (κ3) is 5.25. The molecule has 0 aromatic carbocycles. The maximum Gasteiger partial charge on any atom is 0.0575 e. The van der Waals surface area contributed by atoms with Crippen LogP contribution in [0.2, 0.25) is 0 Å². The van der Waals surface area contributed by atoms with Gasteiger partial charge in [-0.2, -0.15) is 5.10 Å². The van der Waals surface area contributed by atoms with Crippen molar-refractivity contribution in [3.05, 3.63) is 18.0 Å². The second-order valence-corrected chi connectivity index (χ2v) is 5.94. The molecule has 0 amide bonds. The minimum atomic E-state index is 0.489. The second-order valence-electron chi connectivity index (χ2n) is 5.94. The van der Waals surface area contributed by atoms with E-state index in [1.165, 1.54) is 44.1 Å². The lowest BCUT2D eigenvalue weighted by Gasteiger charge is -2.25. The van der Waals surface area contributed by atoms with Crippen molar-refractivity contribution < 1.29 is 4.74 Å². The molecule has 0 saturated carbocycles. The Balaban J connectivity index is 1.79. The van der Waals surface area contributed by atoms with Gasteiger partial charge < -0.3 is 10.1 Å². The highest BCUT2D eigenvalue weighted by molar-refractivity contribution is 5.06. The minimum absolute atomic E-state index is 0.489. The van der Waals surface area contributed by atoms with Crippen LogP contribution < -0.4 is 5.32 Å². The van der Waals surface area contributed by atoms with E-state index in [-0.39, 0.29) is 0 Å². The number of rotatable bonds is 8. The molecule has 2 rings (SSSR count). The van der Waals surface area contributed by atoms with Crippen LogP contribution in [0.4, 0.5) is 0 Å². The van der Waals surface area contributed by atoms with Crippen LogP contribution in [0.25, 0.3) is 0 Å². The van der Waals surface area contributed by atoms with E-state index in [2.05, 4.69) is 23.5 Å². The van der Waals surface area contributed by atoms with E-state index in [9.17, 15) is 0 Å². The van der Waals surface area contributed by atoms with Gasteiger partial charge in [-0.3, -0.25) is 4.68 Å². The second kappa shape index (κ2) is 8.42. The number of hydrogen-bond acceptors (Lipinski definition) is 3. The molecule has 0 radical (unpaired) electrons. The minimum Gasteiger partial charge on any atom is -0.378 e. The van der Waals surface area contributed by atoms with E-state index in [0.717, 1.165) is 19.6 Å². The first kappa shape index (κ1) is 15.5. The van der Waals surface area contributed by atoms with E-state index in [4.69, 9.17) is 4.74 Å². The fourth-order valence-corrected chi connectivity index (χ4v) is 2.91. The van der Waals surface area contributed by atoms with Crippen molar-refractivity contribution in [2.45, 2.75) is 64.0 Å². The molecule has 0 spiro atoms. The Morgan fingerprint density at radius 1 is 1.50 bits per heavy atom. The van der Waals surface area contributed by atoms with Crippen molar-refractivity contribution >= 4 is 0 Å². The number of nitrogens with zero attached hydrogens (tertiary/aromatic N) is 2. The fraction of sp³-hybridized carbons (Fsp3) is 0.812. The highest BCUT2D eigenvalue weighted by Crippen LogP contribution is 2.18. The van der Waals surface area contributed by atoms with E-state index in [0.29, 0.717) is 12.1 Å². The van der Waals surface area contributed by atoms with Crippen LogP contribution in [0.3, 0.4) is 0 Å². The van der Waals surface area contributed by atoms with Gasteiger partial charge in [-0.1, -0.05) is 6.92 Å². The first-order valence-corrected chi connectivity index (χ1v) is 8.10. The summed E-state index contributed by atoms with van der Waals surface area (Å²) in [7, 11) is 1.98. The number of hydrogen-bond donors (Lipinski definition) is 1. The highest BCUT2D eigenvalue weighted by Gasteiger charge is 2.17. The monoisotopic (exact) mass is 279 g/mol. The maximum absolute atomic E-state index is 5.84. The molecule has 2 atom stereocenters. The summed E-state index contributed by atoms with van der Waals surface area (Å²) in [6, 6.07) is 0.546. The van der Waals surface area contributed by atoms with Crippen LogP contribution in [0.15, 0.2) is 12.4 Å². The van der Waals surface area contributed by atoms with Crippen LogP contribution in [-0.4, -0.2) is 35.1 Å². The summed E-state index contributed by atoms with van der Waals surface area (Å²) in [6.45, 7) is 4.27. The molecular formula is C16H29N3O. The number of nitrogens with one attached hydrogen (secondary N) is 1. The van der Waals surface area contributed by atoms with Gasteiger partial charge in [0.05, 0.1) is 12.3 Å². The first-order valence-electron chi connectivity index (χ1n) is 8.10. The zero-order chi connectivity index (χ0) is 14.2. The Labute approximate surface area is 122 Å². The summed E-state index contributed by atoms with van der Waals surface area (Å²) in [4.78, 5) is 0. The molecule has 1 aliphatic heterocycles. The van der Waals surface area contributed by atoms with E-state index in [1.807, 2.05) is 17.9 Å². The molecule has 2 heterocycles. The molecule has 0 aliphatic carbocycles. The molecule has 1 N–H and O–H groups in total. The van der Waals surface area contributed by atoms with Crippen LogP contribution in [0.1, 0.15) is 51.0 Å². The third-order valence-corrected chi connectivity index (χ3v) is 4.03. The van der Waals surface area contributed by atoms with E-state index in [1.54, 1.807) is 0 Å². The molecule has 1 saturated heterocycles. The Bertz CT molecular complexity index is 372. The molecule has 4 nitrogen and oxygen atoms in total. The molecule has 2 unspecified atom stereocenters. The number of ether oxygens (including phenoxy) is 1. The van der Waals surface area contributed by atoms with E-state index >= 15 is 0 Å². The molecule has 4 heteroatoms. The van der Waals surface area contributed by atoms with Gasteiger partial charge in [0.1, 0.15) is 0 Å². The van der Waals surface area contributed by atoms with Crippen LogP contribution in [0.5, 0.6) is 0 Å². The van der Waals surface area contributed by atoms with Crippen molar-refractivity contribution in [1.82, 2.24) is 15.1 Å². The molecule has 1 aromatic rings. The van der Waals surface area contributed by atoms with Crippen molar-refractivity contribution in [3.63, 3.8) is 0 Å². The predicted molar refractivity (Wildman–Crippen MR) is 81.8 cm³/mol. The van der Waals surface area contributed by atoms with Crippen LogP contribution in [-0.2, 0) is 18.2 Å². The van der Waals surface area contributed by atoms with Gasteiger partial charge in [-0.05, 0) is 57.1 Å². The fourth-order valence-electron chi connectivity index (χ4n) is 2.91. The number of aromatic nitrogens is 2. The van der Waals surface area contributed by atoms with Gasteiger partial charge in [0.25, 0.3) is 0 Å². The largest absolute Gasteiger partial charge is 0.378 e. The van der Waals surface area contributed by atoms with E-state index < -0.39 is 0 Å².